The third-order valence-electron chi connectivity index (χ3n) is 4.45. The number of methoxy groups -OCH3 is 1. The molecular weight excluding hydrogens is 480 g/mol. The molecule has 0 aliphatic heterocycles. The minimum absolute atomic E-state index is 0.0492. The number of aromatic nitrogens is 1. The molecule has 0 atom stereocenters. The number of hydrogen-bond donors (Lipinski definition) is 0. The molecule has 0 spiro atoms. The molecule has 0 aliphatic rings. The van der Waals surface area contributed by atoms with Gasteiger partial charge < -0.3 is 14.0 Å². The Bertz CT molecular complexity index is 1330. The van der Waals surface area contributed by atoms with Gasteiger partial charge in [-0.05, 0) is 42.5 Å². The van der Waals surface area contributed by atoms with Crippen molar-refractivity contribution in [1.29, 1.82) is 0 Å². The lowest BCUT2D eigenvalue weighted by atomic mass is 10.2. The highest BCUT2D eigenvalue weighted by atomic mass is 79.9. The molecule has 6 nitrogen and oxygen atoms in total. The number of fused-ring (bicyclic) bond motifs is 1. The smallest absolute Gasteiger partial charge is 0.325 e. The highest BCUT2D eigenvalue weighted by molar-refractivity contribution is 9.10. The van der Waals surface area contributed by atoms with Crippen molar-refractivity contribution in [1.82, 2.24) is 4.57 Å². The lowest BCUT2D eigenvalue weighted by Gasteiger charge is -2.08. The molecule has 3 aromatic carbocycles. The number of halogens is 1. The molecule has 31 heavy (non-hydrogen) atoms. The lowest BCUT2D eigenvalue weighted by Crippen LogP contribution is -2.22. The molecule has 0 bridgehead atoms. The van der Waals surface area contributed by atoms with Crippen LogP contribution in [0.5, 0.6) is 11.5 Å². The number of benzene rings is 3. The third-order valence-corrected chi connectivity index (χ3v) is 5.98. The van der Waals surface area contributed by atoms with Crippen LogP contribution in [0.15, 0.2) is 82.3 Å². The van der Waals surface area contributed by atoms with Crippen molar-refractivity contribution in [3.8, 4) is 11.5 Å². The van der Waals surface area contributed by atoms with E-state index in [0.717, 1.165) is 14.7 Å². The van der Waals surface area contributed by atoms with Crippen LogP contribution >= 0.6 is 27.3 Å². The summed E-state index contributed by atoms with van der Waals surface area (Å²) in [5, 5.41) is 0. The SMILES string of the molecule is COC(=O)Cn1c(=NC(=O)c2ccccc2Oc2ccccc2)sc2cc(Br)ccc21. The second-order valence-corrected chi connectivity index (χ2v) is 8.41. The Balaban J connectivity index is 1.78. The Morgan fingerprint density at radius 1 is 1.03 bits per heavy atom. The van der Waals surface area contributed by atoms with Crippen molar-refractivity contribution in [3.63, 3.8) is 0 Å². The van der Waals surface area contributed by atoms with Gasteiger partial charge in [-0.1, -0.05) is 57.6 Å². The van der Waals surface area contributed by atoms with Crippen molar-refractivity contribution in [3.05, 3.63) is 87.6 Å². The predicted octanol–water partition coefficient (Wildman–Crippen LogP) is 5.17. The zero-order chi connectivity index (χ0) is 21.8. The molecule has 0 aliphatic carbocycles. The number of esters is 1. The number of carbonyl (C=O) groups excluding carboxylic acids is 2. The summed E-state index contributed by atoms with van der Waals surface area (Å²) < 4.78 is 14.2. The van der Waals surface area contributed by atoms with Crippen LogP contribution in [0.25, 0.3) is 10.2 Å². The van der Waals surface area contributed by atoms with Gasteiger partial charge in [0, 0.05) is 4.47 Å². The van der Waals surface area contributed by atoms with Gasteiger partial charge in [0.05, 0.1) is 22.9 Å². The molecule has 1 amide bonds. The fourth-order valence-electron chi connectivity index (χ4n) is 2.97. The maximum Gasteiger partial charge on any atom is 0.325 e. The van der Waals surface area contributed by atoms with Gasteiger partial charge in [0.1, 0.15) is 18.0 Å². The van der Waals surface area contributed by atoms with Gasteiger partial charge in [-0.2, -0.15) is 4.99 Å². The molecule has 0 fully saturated rings. The Morgan fingerprint density at radius 3 is 2.55 bits per heavy atom. The Kier molecular flexibility index (Phi) is 6.29. The Hall–Kier alpha value is -3.23. The van der Waals surface area contributed by atoms with Gasteiger partial charge in [-0.15, -0.1) is 0 Å². The summed E-state index contributed by atoms with van der Waals surface area (Å²) in [6, 6.07) is 21.8. The third kappa shape index (κ3) is 4.76. The molecule has 0 radical (unpaired) electrons. The van der Waals surface area contributed by atoms with E-state index in [-0.39, 0.29) is 6.54 Å². The number of amides is 1. The van der Waals surface area contributed by atoms with E-state index in [1.807, 2.05) is 48.5 Å². The maximum absolute atomic E-state index is 13.1. The van der Waals surface area contributed by atoms with E-state index in [4.69, 9.17) is 9.47 Å². The summed E-state index contributed by atoms with van der Waals surface area (Å²) in [7, 11) is 1.33. The monoisotopic (exact) mass is 496 g/mol. The molecule has 156 valence electrons. The summed E-state index contributed by atoms with van der Waals surface area (Å²) in [6.45, 7) is -0.0492. The van der Waals surface area contributed by atoms with Gasteiger partial charge in [0.25, 0.3) is 5.91 Å². The van der Waals surface area contributed by atoms with E-state index in [2.05, 4.69) is 20.9 Å². The average molecular weight is 497 g/mol. The fraction of sp³-hybridized carbons (Fsp3) is 0.0870. The van der Waals surface area contributed by atoms with Crippen molar-refractivity contribution >= 4 is 49.4 Å². The first-order chi connectivity index (χ1) is 15.0. The highest BCUT2D eigenvalue weighted by Crippen LogP contribution is 2.26. The molecule has 0 unspecified atom stereocenters. The first-order valence-electron chi connectivity index (χ1n) is 9.32. The van der Waals surface area contributed by atoms with Crippen molar-refractivity contribution in [2.24, 2.45) is 4.99 Å². The number of nitrogens with zero attached hydrogens (tertiary/aromatic N) is 2. The summed E-state index contributed by atoms with van der Waals surface area (Å²) in [5.41, 5.74) is 1.12. The number of hydrogen-bond acceptors (Lipinski definition) is 5. The van der Waals surface area contributed by atoms with E-state index < -0.39 is 11.9 Å². The zero-order valence-corrected chi connectivity index (χ0v) is 18.9. The number of thiazole rings is 1. The van der Waals surface area contributed by atoms with Crippen LogP contribution in [0.3, 0.4) is 0 Å². The number of rotatable bonds is 5. The second-order valence-electron chi connectivity index (χ2n) is 6.49. The molecule has 1 aromatic heterocycles. The fourth-order valence-corrected chi connectivity index (χ4v) is 4.55. The van der Waals surface area contributed by atoms with Crippen LogP contribution in [-0.4, -0.2) is 23.6 Å². The van der Waals surface area contributed by atoms with E-state index in [0.29, 0.717) is 21.9 Å². The van der Waals surface area contributed by atoms with Crippen LogP contribution in [0, 0.1) is 0 Å². The van der Waals surface area contributed by atoms with Crippen LogP contribution < -0.4 is 9.54 Å². The molecule has 8 heteroatoms. The summed E-state index contributed by atoms with van der Waals surface area (Å²) in [5.74, 6) is 0.140. The van der Waals surface area contributed by atoms with Crippen LogP contribution in [0.2, 0.25) is 0 Å². The molecule has 0 saturated carbocycles. The molecule has 4 aromatic rings. The van der Waals surface area contributed by atoms with Crippen molar-refractivity contribution in [2.45, 2.75) is 6.54 Å². The first kappa shape index (κ1) is 21.0. The number of ether oxygens (including phenoxy) is 2. The topological polar surface area (TPSA) is 69.9 Å². The highest BCUT2D eigenvalue weighted by Gasteiger charge is 2.15. The van der Waals surface area contributed by atoms with Crippen LogP contribution in [0.4, 0.5) is 0 Å². The molecule has 0 saturated heterocycles. The quantitative estimate of drug-likeness (QED) is 0.357. The number of para-hydroxylation sites is 2. The minimum Gasteiger partial charge on any atom is -0.468 e. The maximum atomic E-state index is 13.1. The predicted molar refractivity (Wildman–Crippen MR) is 122 cm³/mol. The zero-order valence-electron chi connectivity index (χ0n) is 16.4. The average Bonchev–Trinajstić information content (AvgIpc) is 3.10. The van der Waals surface area contributed by atoms with Gasteiger partial charge in [0.2, 0.25) is 0 Å². The van der Waals surface area contributed by atoms with Gasteiger partial charge in [0.15, 0.2) is 4.80 Å². The summed E-state index contributed by atoms with van der Waals surface area (Å²) in [6.07, 6.45) is 0. The standard InChI is InChI=1S/C23H17BrN2O4S/c1-29-21(27)14-26-18-12-11-15(24)13-20(18)31-23(26)25-22(28)17-9-5-6-10-19(17)30-16-7-3-2-4-8-16/h2-13H,14H2,1H3. The largest absolute Gasteiger partial charge is 0.468 e. The van der Waals surface area contributed by atoms with Gasteiger partial charge in [-0.25, -0.2) is 0 Å². The van der Waals surface area contributed by atoms with E-state index >= 15 is 0 Å². The van der Waals surface area contributed by atoms with E-state index in [9.17, 15) is 9.59 Å². The van der Waals surface area contributed by atoms with Gasteiger partial charge in [-0.3, -0.25) is 9.59 Å². The molecule has 1 heterocycles. The Labute approximate surface area is 190 Å². The molecular formula is C23H17BrN2O4S. The van der Waals surface area contributed by atoms with Gasteiger partial charge >= 0.3 is 5.97 Å². The Morgan fingerprint density at radius 2 is 1.77 bits per heavy atom. The van der Waals surface area contributed by atoms with E-state index in [1.165, 1.54) is 18.4 Å². The molecule has 0 N–H and O–H groups in total. The first-order valence-corrected chi connectivity index (χ1v) is 10.9. The summed E-state index contributed by atoms with van der Waals surface area (Å²) in [4.78, 5) is 29.8. The van der Waals surface area contributed by atoms with Crippen LogP contribution in [0.1, 0.15) is 10.4 Å². The molecule has 4 rings (SSSR count). The lowest BCUT2D eigenvalue weighted by molar-refractivity contribution is -0.141. The van der Waals surface area contributed by atoms with E-state index in [1.54, 1.807) is 28.8 Å². The van der Waals surface area contributed by atoms with Crippen molar-refractivity contribution < 1.29 is 19.1 Å². The number of carbonyl (C=O) groups is 2. The second kappa shape index (κ2) is 9.28. The van der Waals surface area contributed by atoms with Crippen molar-refractivity contribution in [2.75, 3.05) is 7.11 Å². The normalized spacial score (nSPS) is 11.5. The minimum atomic E-state index is -0.462. The summed E-state index contributed by atoms with van der Waals surface area (Å²) >= 11 is 4.77. The van der Waals surface area contributed by atoms with Crippen LogP contribution in [-0.2, 0) is 16.1 Å².